The van der Waals surface area contributed by atoms with Crippen molar-refractivity contribution >= 4 is 23.2 Å². The average Bonchev–Trinajstić information content (AvgIpc) is 2.22. The average molecular weight is 274 g/mol. The molecular formula is C14H21Cl2N. The predicted molar refractivity (Wildman–Crippen MR) is 77.0 cm³/mol. The first-order valence-corrected chi connectivity index (χ1v) is 6.80. The van der Waals surface area contributed by atoms with Gasteiger partial charge in [-0.15, -0.1) is 0 Å². The molecule has 0 fully saturated rings. The summed E-state index contributed by atoms with van der Waals surface area (Å²) < 4.78 is 0. The molecule has 0 aliphatic carbocycles. The van der Waals surface area contributed by atoms with Crippen molar-refractivity contribution in [3.63, 3.8) is 0 Å². The fourth-order valence-corrected chi connectivity index (χ4v) is 2.21. The minimum atomic E-state index is 0.145. The Bertz CT molecular complexity index is 369. The van der Waals surface area contributed by atoms with E-state index in [0.717, 1.165) is 13.0 Å². The Hall–Kier alpha value is -0.240. The molecular weight excluding hydrogens is 253 g/mol. The highest BCUT2D eigenvalue weighted by molar-refractivity contribution is 6.42. The number of hydrogen-bond donors (Lipinski definition) is 1. The van der Waals surface area contributed by atoms with Gasteiger partial charge in [-0.05, 0) is 36.1 Å². The second-order valence-corrected chi connectivity index (χ2v) is 6.24. The lowest BCUT2D eigenvalue weighted by Gasteiger charge is -2.32. The van der Waals surface area contributed by atoms with Crippen molar-refractivity contribution in [2.75, 3.05) is 6.54 Å². The summed E-state index contributed by atoms with van der Waals surface area (Å²) in [6.45, 7) is 9.85. The maximum absolute atomic E-state index is 6.08. The van der Waals surface area contributed by atoms with E-state index >= 15 is 0 Å². The molecule has 1 nitrogen and oxygen atoms in total. The van der Waals surface area contributed by atoms with E-state index in [1.54, 1.807) is 0 Å². The van der Waals surface area contributed by atoms with Crippen LogP contribution in [0.5, 0.6) is 0 Å². The van der Waals surface area contributed by atoms with Crippen molar-refractivity contribution in [3.05, 3.63) is 33.8 Å². The van der Waals surface area contributed by atoms with Gasteiger partial charge < -0.3 is 5.32 Å². The van der Waals surface area contributed by atoms with Crippen molar-refractivity contribution in [3.8, 4) is 0 Å². The highest BCUT2D eigenvalue weighted by Gasteiger charge is 2.25. The molecule has 1 aromatic carbocycles. The minimum absolute atomic E-state index is 0.145. The van der Waals surface area contributed by atoms with Gasteiger partial charge in [-0.3, -0.25) is 0 Å². The number of hydrogen-bond acceptors (Lipinski definition) is 1. The smallest absolute Gasteiger partial charge is 0.0595 e. The van der Waals surface area contributed by atoms with Gasteiger partial charge in [-0.1, -0.05) is 57.0 Å². The lowest BCUT2D eigenvalue weighted by molar-refractivity contribution is 0.273. The Labute approximate surface area is 115 Å². The molecule has 0 amide bonds. The summed E-state index contributed by atoms with van der Waals surface area (Å²) in [5.41, 5.74) is 1.34. The van der Waals surface area contributed by atoms with E-state index in [9.17, 15) is 0 Å². The van der Waals surface area contributed by atoms with E-state index in [0.29, 0.717) is 10.0 Å². The second-order valence-electron chi connectivity index (χ2n) is 5.43. The van der Waals surface area contributed by atoms with E-state index < -0.39 is 0 Å². The molecule has 1 atom stereocenters. The molecule has 96 valence electrons. The van der Waals surface area contributed by atoms with Gasteiger partial charge in [-0.25, -0.2) is 0 Å². The number of nitrogens with one attached hydrogen (secondary N) is 1. The molecule has 0 saturated carbocycles. The van der Waals surface area contributed by atoms with Gasteiger partial charge in [0.1, 0.15) is 0 Å². The van der Waals surface area contributed by atoms with Crippen LogP contribution in [0.1, 0.15) is 45.7 Å². The van der Waals surface area contributed by atoms with Crippen LogP contribution in [-0.4, -0.2) is 6.54 Å². The Morgan fingerprint density at radius 2 is 1.82 bits per heavy atom. The van der Waals surface area contributed by atoms with Crippen LogP contribution in [0.25, 0.3) is 0 Å². The summed E-state index contributed by atoms with van der Waals surface area (Å²) in [6.07, 6.45) is 1.12. The zero-order valence-electron chi connectivity index (χ0n) is 11.0. The summed E-state index contributed by atoms with van der Waals surface area (Å²) in [7, 11) is 0. The third-order valence-corrected chi connectivity index (χ3v) is 3.48. The normalized spacial score (nSPS) is 13.8. The molecule has 1 unspecified atom stereocenters. The lowest BCUT2D eigenvalue weighted by Crippen LogP contribution is -2.32. The van der Waals surface area contributed by atoms with E-state index in [2.05, 4.69) is 33.0 Å². The van der Waals surface area contributed by atoms with Gasteiger partial charge in [0, 0.05) is 6.04 Å². The summed E-state index contributed by atoms with van der Waals surface area (Å²) in [5.74, 6) is 0. The number of benzene rings is 1. The van der Waals surface area contributed by atoms with Crippen LogP contribution in [0.3, 0.4) is 0 Å². The minimum Gasteiger partial charge on any atom is -0.309 e. The fourth-order valence-electron chi connectivity index (χ4n) is 1.90. The van der Waals surface area contributed by atoms with Crippen LogP contribution in [0.15, 0.2) is 18.2 Å². The molecule has 17 heavy (non-hydrogen) atoms. The molecule has 3 heteroatoms. The molecule has 0 aliphatic heterocycles. The number of halogens is 2. The van der Waals surface area contributed by atoms with Crippen LogP contribution >= 0.6 is 23.2 Å². The molecule has 1 aromatic rings. The summed E-state index contributed by atoms with van der Waals surface area (Å²) in [4.78, 5) is 0. The first-order chi connectivity index (χ1) is 7.86. The first-order valence-electron chi connectivity index (χ1n) is 6.04. The molecule has 0 aromatic heterocycles. The van der Waals surface area contributed by atoms with Gasteiger partial charge in [0.05, 0.1) is 10.0 Å². The van der Waals surface area contributed by atoms with Gasteiger partial charge in [0.15, 0.2) is 0 Å². The monoisotopic (exact) mass is 273 g/mol. The van der Waals surface area contributed by atoms with E-state index in [1.165, 1.54) is 5.56 Å². The maximum Gasteiger partial charge on any atom is 0.0595 e. The molecule has 0 spiro atoms. The highest BCUT2D eigenvalue weighted by Crippen LogP contribution is 2.35. The van der Waals surface area contributed by atoms with E-state index in [-0.39, 0.29) is 11.5 Å². The molecule has 0 aliphatic rings. The molecule has 0 saturated heterocycles. The Morgan fingerprint density at radius 3 is 2.29 bits per heavy atom. The van der Waals surface area contributed by atoms with E-state index in [4.69, 9.17) is 23.2 Å². The van der Waals surface area contributed by atoms with Crippen LogP contribution in [0, 0.1) is 5.41 Å². The summed E-state index contributed by atoms with van der Waals surface area (Å²) in [6, 6.07) is 6.16. The zero-order valence-corrected chi connectivity index (χ0v) is 12.5. The third-order valence-electron chi connectivity index (χ3n) is 2.74. The highest BCUT2D eigenvalue weighted by atomic mass is 35.5. The molecule has 1 N–H and O–H groups in total. The van der Waals surface area contributed by atoms with Crippen LogP contribution in [0.4, 0.5) is 0 Å². The summed E-state index contributed by atoms with van der Waals surface area (Å²) >= 11 is 12.0. The zero-order chi connectivity index (χ0) is 13.1. The fraction of sp³-hybridized carbons (Fsp3) is 0.571. The molecule has 1 rings (SSSR count). The second kappa shape index (κ2) is 6.08. The summed E-state index contributed by atoms with van der Waals surface area (Å²) in [5, 5.41) is 4.80. The van der Waals surface area contributed by atoms with Crippen LogP contribution in [-0.2, 0) is 0 Å². The maximum atomic E-state index is 6.08. The third kappa shape index (κ3) is 4.17. The molecule has 0 radical (unpaired) electrons. The molecule has 0 heterocycles. The van der Waals surface area contributed by atoms with Gasteiger partial charge in [0.2, 0.25) is 0 Å². The molecule has 0 bridgehead atoms. The van der Waals surface area contributed by atoms with Crippen molar-refractivity contribution in [2.24, 2.45) is 5.41 Å². The quantitative estimate of drug-likeness (QED) is 0.807. The van der Waals surface area contributed by atoms with Crippen molar-refractivity contribution < 1.29 is 0 Å². The van der Waals surface area contributed by atoms with Crippen LogP contribution in [0.2, 0.25) is 10.0 Å². The van der Waals surface area contributed by atoms with Crippen LogP contribution < -0.4 is 5.32 Å². The predicted octanol–water partition coefficient (Wildman–Crippen LogP) is 5.08. The number of rotatable bonds is 4. The van der Waals surface area contributed by atoms with Crippen molar-refractivity contribution in [1.82, 2.24) is 5.32 Å². The lowest BCUT2D eigenvalue weighted by atomic mass is 9.82. The Kier molecular flexibility index (Phi) is 5.30. The topological polar surface area (TPSA) is 12.0 Å². The Morgan fingerprint density at radius 1 is 1.18 bits per heavy atom. The SMILES string of the molecule is CCCNC(c1ccc(Cl)c(Cl)c1)C(C)(C)C. The standard InChI is InChI=1S/C14H21Cl2N/c1-5-8-17-13(14(2,3)4)10-6-7-11(15)12(16)9-10/h6-7,9,13,17H,5,8H2,1-4H3. The van der Waals surface area contributed by atoms with Crippen molar-refractivity contribution in [2.45, 2.75) is 40.2 Å². The largest absolute Gasteiger partial charge is 0.309 e. The van der Waals surface area contributed by atoms with Gasteiger partial charge in [0.25, 0.3) is 0 Å². The first kappa shape index (κ1) is 14.8. The van der Waals surface area contributed by atoms with Crippen molar-refractivity contribution in [1.29, 1.82) is 0 Å². The van der Waals surface area contributed by atoms with E-state index in [1.807, 2.05) is 18.2 Å². The van der Waals surface area contributed by atoms with Gasteiger partial charge in [-0.2, -0.15) is 0 Å². The Balaban J connectivity index is 3.00. The van der Waals surface area contributed by atoms with Gasteiger partial charge >= 0.3 is 0 Å².